The molecule has 0 N–H and O–H groups in total. The number of hydrogen-bond donors (Lipinski definition) is 0. The average Bonchev–Trinajstić information content (AvgIpc) is 2.45. The summed E-state index contributed by atoms with van der Waals surface area (Å²) in [5, 5.41) is 9.02. The number of carbonyl (C=O) groups is 1. The molecule has 1 aromatic heterocycles. The number of nitriles is 1. The lowest BCUT2D eigenvalue weighted by Gasteiger charge is -2.18. The molecule has 0 spiro atoms. The maximum absolute atomic E-state index is 12.4. The first-order valence-corrected chi connectivity index (χ1v) is 5.82. The van der Waals surface area contributed by atoms with Gasteiger partial charge in [-0.3, -0.25) is 9.78 Å². The number of anilines is 1. The van der Waals surface area contributed by atoms with Crippen LogP contribution in [0.15, 0.2) is 42.7 Å². The van der Waals surface area contributed by atoms with Crippen molar-refractivity contribution in [1.82, 2.24) is 4.98 Å². The number of amides is 1. The Bertz CT molecular complexity index is 658. The Hall–Kier alpha value is -2.67. The number of benzene rings is 1. The van der Waals surface area contributed by atoms with Gasteiger partial charge in [-0.2, -0.15) is 5.26 Å². The number of rotatable bonds is 2. The van der Waals surface area contributed by atoms with E-state index in [4.69, 9.17) is 5.26 Å². The van der Waals surface area contributed by atoms with Crippen LogP contribution in [0.4, 0.5) is 5.69 Å². The minimum absolute atomic E-state index is 0.241. The van der Waals surface area contributed by atoms with E-state index in [1.54, 1.807) is 7.05 Å². The molecule has 0 atom stereocenters. The molecule has 1 heterocycles. The fourth-order valence-corrected chi connectivity index (χ4v) is 1.80. The maximum Gasteiger partial charge on any atom is 0.260 e. The van der Waals surface area contributed by atoms with E-state index in [2.05, 4.69) is 4.98 Å². The second-order valence-corrected chi connectivity index (χ2v) is 4.24. The Balaban J connectivity index is 2.37. The zero-order valence-corrected chi connectivity index (χ0v) is 10.8. The van der Waals surface area contributed by atoms with Crippen LogP contribution < -0.4 is 4.90 Å². The Morgan fingerprint density at radius 3 is 2.84 bits per heavy atom. The van der Waals surface area contributed by atoms with Crippen LogP contribution in [-0.2, 0) is 0 Å². The lowest BCUT2D eigenvalue weighted by atomic mass is 10.1. The van der Waals surface area contributed by atoms with E-state index in [9.17, 15) is 4.79 Å². The van der Waals surface area contributed by atoms with Crippen LogP contribution in [0.3, 0.4) is 0 Å². The van der Waals surface area contributed by atoms with Crippen LogP contribution >= 0.6 is 0 Å². The lowest BCUT2D eigenvalue weighted by molar-refractivity contribution is 0.0992. The topological polar surface area (TPSA) is 57.0 Å². The standard InChI is InChI=1S/C15H13N3O/c1-11-4-3-5-13(8-11)18(2)15(19)14-10-17-7-6-12(14)9-16/h3-8,10H,1-2H3. The highest BCUT2D eigenvalue weighted by atomic mass is 16.2. The first-order chi connectivity index (χ1) is 9.13. The van der Waals surface area contributed by atoms with E-state index in [0.717, 1.165) is 11.3 Å². The summed E-state index contributed by atoms with van der Waals surface area (Å²) in [5.74, 6) is -0.241. The Labute approximate surface area is 111 Å². The summed E-state index contributed by atoms with van der Waals surface area (Å²) < 4.78 is 0. The van der Waals surface area contributed by atoms with E-state index in [1.165, 1.54) is 23.4 Å². The minimum Gasteiger partial charge on any atom is -0.311 e. The van der Waals surface area contributed by atoms with Gasteiger partial charge in [0.15, 0.2) is 0 Å². The molecule has 0 unspecified atom stereocenters. The summed E-state index contributed by atoms with van der Waals surface area (Å²) in [6.07, 6.45) is 2.93. The molecule has 0 aliphatic carbocycles. The molecule has 0 radical (unpaired) electrons. The van der Waals surface area contributed by atoms with Crippen LogP contribution in [0.2, 0.25) is 0 Å². The van der Waals surface area contributed by atoms with Crippen molar-refractivity contribution in [2.24, 2.45) is 0 Å². The van der Waals surface area contributed by atoms with Gasteiger partial charge in [-0.1, -0.05) is 12.1 Å². The third-order valence-corrected chi connectivity index (χ3v) is 2.87. The van der Waals surface area contributed by atoms with E-state index in [1.807, 2.05) is 37.3 Å². The molecule has 0 saturated heterocycles. The molecule has 0 aliphatic rings. The summed E-state index contributed by atoms with van der Waals surface area (Å²) in [4.78, 5) is 17.8. The van der Waals surface area contributed by atoms with Gasteiger partial charge in [0.1, 0.15) is 6.07 Å². The van der Waals surface area contributed by atoms with Gasteiger partial charge in [-0.05, 0) is 30.7 Å². The summed E-state index contributed by atoms with van der Waals surface area (Å²) in [6, 6.07) is 11.2. The molecule has 0 bridgehead atoms. The van der Waals surface area contributed by atoms with E-state index >= 15 is 0 Å². The van der Waals surface area contributed by atoms with E-state index < -0.39 is 0 Å². The van der Waals surface area contributed by atoms with Crippen molar-refractivity contribution in [2.75, 3.05) is 11.9 Å². The zero-order valence-electron chi connectivity index (χ0n) is 10.8. The van der Waals surface area contributed by atoms with Crippen molar-refractivity contribution in [1.29, 1.82) is 5.26 Å². The first kappa shape index (κ1) is 12.8. The highest BCUT2D eigenvalue weighted by molar-refractivity contribution is 6.07. The SMILES string of the molecule is Cc1cccc(N(C)C(=O)c2cnccc2C#N)c1. The fraction of sp³-hybridized carbons (Fsp3) is 0.133. The van der Waals surface area contributed by atoms with Crippen LogP contribution in [0.25, 0.3) is 0 Å². The predicted octanol–water partition coefficient (Wildman–Crippen LogP) is 2.54. The second-order valence-electron chi connectivity index (χ2n) is 4.24. The van der Waals surface area contributed by atoms with Gasteiger partial charge >= 0.3 is 0 Å². The van der Waals surface area contributed by atoms with Gasteiger partial charge in [-0.25, -0.2) is 0 Å². The normalized spacial score (nSPS) is 9.74. The Morgan fingerprint density at radius 1 is 1.37 bits per heavy atom. The third-order valence-electron chi connectivity index (χ3n) is 2.87. The maximum atomic E-state index is 12.4. The van der Waals surface area contributed by atoms with Gasteiger partial charge < -0.3 is 4.90 Å². The molecule has 2 aromatic rings. The number of nitrogens with zero attached hydrogens (tertiary/aromatic N) is 3. The van der Waals surface area contributed by atoms with E-state index in [0.29, 0.717) is 11.1 Å². The highest BCUT2D eigenvalue weighted by Gasteiger charge is 2.17. The van der Waals surface area contributed by atoms with Crippen LogP contribution in [0.1, 0.15) is 21.5 Å². The van der Waals surface area contributed by atoms with Crippen LogP contribution in [0, 0.1) is 18.3 Å². The van der Waals surface area contributed by atoms with Crippen molar-refractivity contribution in [3.8, 4) is 6.07 Å². The molecule has 94 valence electrons. The number of carbonyl (C=O) groups excluding carboxylic acids is 1. The molecule has 2 rings (SSSR count). The summed E-state index contributed by atoms with van der Waals surface area (Å²) in [5.41, 5.74) is 2.51. The largest absolute Gasteiger partial charge is 0.311 e. The smallest absolute Gasteiger partial charge is 0.260 e. The summed E-state index contributed by atoms with van der Waals surface area (Å²) >= 11 is 0. The van der Waals surface area contributed by atoms with Gasteiger partial charge in [0.25, 0.3) is 5.91 Å². The third kappa shape index (κ3) is 2.61. The molecule has 0 saturated carbocycles. The number of aryl methyl sites for hydroxylation is 1. The fourth-order valence-electron chi connectivity index (χ4n) is 1.80. The molecule has 19 heavy (non-hydrogen) atoms. The van der Waals surface area contributed by atoms with Gasteiger partial charge in [-0.15, -0.1) is 0 Å². The molecular formula is C15H13N3O. The molecular weight excluding hydrogens is 238 g/mol. The molecule has 1 aromatic carbocycles. The molecule has 4 nitrogen and oxygen atoms in total. The van der Waals surface area contributed by atoms with Crippen LogP contribution in [0.5, 0.6) is 0 Å². The number of hydrogen-bond acceptors (Lipinski definition) is 3. The quantitative estimate of drug-likeness (QED) is 0.824. The molecule has 0 fully saturated rings. The van der Waals surface area contributed by atoms with Crippen molar-refractivity contribution < 1.29 is 4.79 Å². The zero-order chi connectivity index (χ0) is 13.8. The van der Waals surface area contributed by atoms with Crippen molar-refractivity contribution in [3.05, 3.63) is 59.4 Å². The Kier molecular flexibility index (Phi) is 3.58. The first-order valence-electron chi connectivity index (χ1n) is 5.82. The monoisotopic (exact) mass is 251 g/mol. The van der Waals surface area contributed by atoms with Gasteiger partial charge in [0.2, 0.25) is 0 Å². The molecule has 4 heteroatoms. The van der Waals surface area contributed by atoms with Crippen LogP contribution in [-0.4, -0.2) is 17.9 Å². The second kappa shape index (κ2) is 5.32. The summed E-state index contributed by atoms with van der Waals surface area (Å²) in [6.45, 7) is 1.96. The summed E-state index contributed by atoms with van der Waals surface area (Å²) in [7, 11) is 1.69. The minimum atomic E-state index is -0.241. The van der Waals surface area contributed by atoms with Gasteiger partial charge in [0, 0.05) is 25.1 Å². The highest BCUT2D eigenvalue weighted by Crippen LogP contribution is 2.18. The molecule has 1 amide bonds. The van der Waals surface area contributed by atoms with Gasteiger partial charge in [0.05, 0.1) is 11.1 Å². The average molecular weight is 251 g/mol. The van der Waals surface area contributed by atoms with E-state index in [-0.39, 0.29) is 5.91 Å². The number of aromatic nitrogens is 1. The Morgan fingerprint density at radius 2 is 2.16 bits per heavy atom. The van der Waals surface area contributed by atoms with Crippen molar-refractivity contribution in [3.63, 3.8) is 0 Å². The molecule has 0 aliphatic heterocycles. The predicted molar refractivity (Wildman–Crippen MR) is 72.9 cm³/mol. The van der Waals surface area contributed by atoms with Crippen molar-refractivity contribution in [2.45, 2.75) is 6.92 Å². The lowest BCUT2D eigenvalue weighted by Crippen LogP contribution is -2.27. The van der Waals surface area contributed by atoms with Crippen molar-refractivity contribution >= 4 is 11.6 Å². The number of pyridine rings is 1.